The van der Waals surface area contributed by atoms with Gasteiger partial charge in [0.15, 0.2) is 23.5 Å². The molecular formula is C15H17FN4O4S. The number of hydrogen-bond acceptors (Lipinski definition) is 7. The first-order valence-corrected chi connectivity index (χ1v) is 8.48. The average molecular weight is 368 g/mol. The van der Waals surface area contributed by atoms with Crippen molar-refractivity contribution in [3.8, 4) is 5.75 Å². The number of carbonyl (C=O) groups excluding carboxylic acids is 2. The van der Waals surface area contributed by atoms with Crippen LogP contribution in [0.3, 0.4) is 0 Å². The average Bonchev–Trinajstić information content (AvgIpc) is 3.00. The summed E-state index contributed by atoms with van der Waals surface area (Å²) in [6.45, 7) is 3.12. The van der Waals surface area contributed by atoms with E-state index in [0.717, 1.165) is 0 Å². The monoisotopic (exact) mass is 368 g/mol. The summed E-state index contributed by atoms with van der Waals surface area (Å²) in [6, 6.07) is 5.74. The molecule has 1 heterocycles. The quantitative estimate of drug-likeness (QED) is 0.711. The number of amides is 2. The summed E-state index contributed by atoms with van der Waals surface area (Å²) in [6.07, 6.45) is -0.979. The van der Waals surface area contributed by atoms with E-state index in [0.29, 0.717) is 17.5 Å². The van der Waals surface area contributed by atoms with Crippen LogP contribution in [-0.2, 0) is 15.3 Å². The predicted octanol–water partition coefficient (Wildman–Crippen LogP) is 1.37. The summed E-state index contributed by atoms with van der Waals surface area (Å²) in [5.74, 6) is -0.168. The Morgan fingerprint density at radius 1 is 1.36 bits per heavy atom. The van der Waals surface area contributed by atoms with Crippen molar-refractivity contribution in [1.82, 2.24) is 21.0 Å². The van der Waals surface area contributed by atoms with Gasteiger partial charge in [0.1, 0.15) is 0 Å². The Morgan fingerprint density at radius 2 is 2.12 bits per heavy atom. The van der Waals surface area contributed by atoms with Crippen LogP contribution >= 0.6 is 11.8 Å². The van der Waals surface area contributed by atoms with Crippen molar-refractivity contribution in [3.63, 3.8) is 0 Å². The Balaban J connectivity index is 1.68. The van der Waals surface area contributed by atoms with Crippen molar-refractivity contribution in [1.29, 1.82) is 0 Å². The van der Waals surface area contributed by atoms with Crippen molar-refractivity contribution in [2.24, 2.45) is 0 Å². The molecule has 0 bridgehead atoms. The number of rotatable bonds is 7. The molecule has 0 aliphatic rings. The van der Waals surface area contributed by atoms with Gasteiger partial charge in [0.05, 0.1) is 11.5 Å². The van der Waals surface area contributed by atoms with Crippen LogP contribution in [0.2, 0.25) is 0 Å². The Bertz CT molecular complexity index is 740. The summed E-state index contributed by atoms with van der Waals surface area (Å²) < 4.78 is 23.5. The van der Waals surface area contributed by atoms with E-state index < -0.39 is 23.7 Å². The zero-order valence-electron chi connectivity index (χ0n) is 13.6. The molecule has 0 saturated carbocycles. The van der Waals surface area contributed by atoms with Crippen LogP contribution in [0.4, 0.5) is 4.39 Å². The summed E-state index contributed by atoms with van der Waals surface area (Å²) >= 11 is 1.26. The Morgan fingerprint density at radius 3 is 2.80 bits per heavy atom. The Labute approximate surface area is 147 Å². The lowest BCUT2D eigenvalue weighted by Gasteiger charge is -2.15. The number of aromatic nitrogens is 2. The van der Waals surface area contributed by atoms with Gasteiger partial charge in [-0.3, -0.25) is 20.4 Å². The second-order valence-electron chi connectivity index (χ2n) is 4.95. The van der Waals surface area contributed by atoms with Gasteiger partial charge < -0.3 is 9.26 Å². The normalized spacial score (nSPS) is 11.6. The molecule has 2 amide bonds. The standard InChI is InChI=1S/C15H17FN4O4S/c1-9(23-12-6-4-3-5-11(12)16)15(22)19-18-14(21)8-25-7-13-17-10(2)24-20-13/h3-6,9H,7-8H2,1-2H3,(H,18,21)(H,19,22). The molecule has 8 nitrogen and oxygen atoms in total. The molecule has 0 spiro atoms. The van der Waals surface area contributed by atoms with Crippen molar-refractivity contribution in [3.05, 3.63) is 41.8 Å². The maximum atomic E-state index is 13.5. The largest absolute Gasteiger partial charge is 0.478 e. The molecule has 1 unspecified atom stereocenters. The molecule has 0 radical (unpaired) electrons. The van der Waals surface area contributed by atoms with Crippen LogP contribution < -0.4 is 15.6 Å². The Hall–Kier alpha value is -2.62. The smallest absolute Gasteiger partial charge is 0.279 e. The fraction of sp³-hybridized carbons (Fsp3) is 0.333. The molecule has 134 valence electrons. The van der Waals surface area contributed by atoms with Gasteiger partial charge in [0.2, 0.25) is 11.8 Å². The van der Waals surface area contributed by atoms with E-state index in [9.17, 15) is 14.0 Å². The summed E-state index contributed by atoms with van der Waals surface area (Å²) in [4.78, 5) is 27.5. The lowest BCUT2D eigenvalue weighted by atomic mass is 10.3. The number of nitrogens with zero attached hydrogens (tertiary/aromatic N) is 2. The highest BCUT2D eigenvalue weighted by Crippen LogP contribution is 2.16. The zero-order chi connectivity index (χ0) is 18.2. The van der Waals surface area contributed by atoms with E-state index >= 15 is 0 Å². The van der Waals surface area contributed by atoms with Gasteiger partial charge in [-0.2, -0.15) is 4.98 Å². The molecule has 2 aromatic rings. The molecule has 25 heavy (non-hydrogen) atoms. The van der Waals surface area contributed by atoms with E-state index in [-0.39, 0.29) is 11.5 Å². The van der Waals surface area contributed by atoms with Gasteiger partial charge >= 0.3 is 0 Å². The molecule has 2 rings (SSSR count). The van der Waals surface area contributed by atoms with E-state index in [1.165, 1.54) is 36.9 Å². The molecule has 1 aromatic heterocycles. The van der Waals surface area contributed by atoms with Crippen molar-refractivity contribution in [2.75, 3.05) is 5.75 Å². The topological polar surface area (TPSA) is 106 Å². The fourth-order valence-corrected chi connectivity index (χ4v) is 2.35. The highest BCUT2D eigenvalue weighted by Gasteiger charge is 2.17. The number of thioether (sulfide) groups is 1. The van der Waals surface area contributed by atoms with Gasteiger partial charge in [0.25, 0.3) is 5.91 Å². The summed E-state index contributed by atoms with van der Waals surface area (Å²) in [7, 11) is 0. The molecule has 1 atom stereocenters. The number of hydrazine groups is 1. The maximum absolute atomic E-state index is 13.5. The molecule has 2 N–H and O–H groups in total. The number of carbonyl (C=O) groups is 2. The number of aryl methyl sites for hydroxylation is 1. The molecule has 10 heteroatoms. The number of halogens is 1. The fourth-order valence-electron chi connectivity index (χ4n) is 1.69. The van der Waals surface area contributed by atoms with Gasteiger partial charge in [-0.05, 0) is 19.1 Å². The minimum atomic E-state index is -0.979. The number of nitrogens with one attached hydrogen (secondary N) is 2. The van der Waals surface area contributed by atoms with E-state index in [1.54, 1.807) is 13.0 Å². The lowest BCUT2D eigenvalue weighted by Crippen LogP contribution is -2.47. The minimum Gasteiger partial charge on any atom is -0.478 e. The molecule has 0 fully saturated rings. The number of hydrogen-bond donors (Lipinski definition) is 2. The SMILES string of the molecule is Cc1nc(CSCC(=O)NNC(=O)C(C)Oc2ccccc2F)no1. The molecule has 1 aromatic carbocycles. The lowest BCUT2D eigenvalue weighted by molar-refractivity contribution is -0.132. The number of benzene rings is 1. The van der Waals surface area contributed by atoms with Crippen LogP contribution in [0.25, 0.3) is 0 Å². The minimum absolute atomic E-state index is 0.0394. The first-order chi connectivity index (χ1) is 12.0. The molecular weight excluding hydrogens is 351 g/mol. The third-order valence-corrected chi connectivity index (χ3v) is 3.80. The van der Waals surface area contributed by atoms with Crippen LogP contribution in [0.5, 0.6) is 5.75 Å². The second kappa shape index (κ2) is 9.02. The maximum Gasteiger partial charge on any atom is 0.279 e. The van der Waals surface area contributed by atoms with Gasteiger partial charge in [-0.25, -0.2) is 4.39 Å². The zero-order valence-corrected chi connectivity index (χ0v) is 14.4. The van der Waals surface area contributed by atoms with Gasteiger partial charge in [0, 0.05) is 6.92 Å². The van der Waals surface area contributed by atoms with Crippen LogP contribution in [0.15, 0.2) is 28.8 Å². The molecule has 0 saturated heterocycles. The van der Waals surface area contributed by atoms with Crippen molar-refractivity contribution < 1.29 is 23.2 Å². The van der Waals surface area contributed by atoms with Crippen LogP contribution in [0, 0.1) is 12.7 Å². The third-order valence-electron chi connectivity index (χ3n) is 2.87. The first kappa shape index (κ1) is 18.7. The summed E-state index contributed by atoms with van der Waals surface area (Å²) in [5.41, 5.74) is 4.48. The van der Waals surface area contributed by atoms with Gasteiger partial charge in [-0.1, -0.05) is 17.3 Å². The third kappa shape index (κ3) is 6.07. The first-order valence-electron chi connectivity index (χ1n) is 7.32. The number of ether oxygens (including phenoxy) is 1. The highest BCUT2D eigenvalue weighted by molar-refractivity contribution is 7.99. The van der Waals surface area contributed by atoms with E-state index in [4.69, 9.17) is 9.26 Å². The van der Waals surface area contributed by atoms with E-state index in [1.807, 2.05) is 0 Å². The van der Waals surface area contributed by atoms with Crippen LogP contribution in [0.1, 0.15) is 18.6 Å². The molecule has 0 aliphatic carbocycles. The van der Waals surface area contributed by atoms with Gasteiger partial charge in [-0.15, -0.1) is 11.8 Å². The molecule has 0 aliphatic heterocycles. The highest BCUT2D eigenvalue weighted by atomic mass is 32.2. The van der Waals surface area contributed by atoms with Crippen LogP contribution in [-0.4, -0.2) is 33.8 Å². The van der Waals surface area contributed by atoms with Crippen molar-refractivity contribution >= 4 is 23.6 Å². The predicted molar refractivity (Wildman–Crippen MR) is 88.0 cm³/mol. The van der Waals surface area contributed by atoms with Crippen molar-refractivity contribution in [2.45, 2.75) is 25.7 Å². The van der Waals surface area contributed by atoms with E-state index in [2.05, 4.69) is 21.0 Å². The number of para-hydroxylation sites is 1. The Kier molecular flexibility index (Phi) is 6.75. The summed E-state index contributed by atoms with van der Waals surface area (Å²) in [5, 5.41) is 3.70. The second-order valence-corrected chi connectivity index (χ2v) is 5.94.